The molecule has 0 aliphatic carbocycles. The largest absolute Gasteiger partial charge is 0.395 e. The lowest BCUT2D eigenvalue weighted by Gasteiger charge is -2.04. The number of hydrogen-bond donors (Lipinski definition) is 1. The molecule has 2 aromatic carbocycles. The van der Waals surface area contributed by atoms with Gasteiger partial charge in [-0.15, -0.1) is 0 Å². The first kappa shape index (κ1) is 14.0. The number of hydrogen-bond acceptors (Lipinski definition) is 5. The third-order valence-corrected chi connectivity index (χ3v) is 3.58. The second kappa shape index (κ2) is 5.08. The lowest BCUT2D eigenvalue weighted by Crippen LogP contribution is -2.01. The minimum absolute atomic E-state index is 0.0814. The summed E-state index contributed by atoms with van der Waals surface area (Å²) in [6.45, 7) is 0.197. The Morgan fingerprint density at radius 1 is 0.909 bits per heavy atom. The average molecular weight is 301 g/mol. The second-order valence-electron chi connectivity index (χ2n) is 4.79. The first-order chi connectivity index (χ1) is 10.5. The van der Waals surface area contributed by atoms with E-state index in [9.17, 15) is 25.3 Å². The summed E-state index contributed by atoms with van der Waals surface area (Å²) in [4.78, 5) is 20.9. The zero-order valence-electron chi connectivity index (χ0n) is 11.3. The molecule has 8 heteroatoms. The SMILES string of the molecule is O=[N+]([O-])c1ccc2c(c1)c1cc([N+](=O)[O-])ccc1n2CCO. The molecule has 0 saturated heterocycles. The standard InChI is InChI=1S/C14H11N3O5/c18-6-5-15-13-3-1-9(16(19)20)7-11(13)12-8-10(17(21)22)2-4-14(12)15/h1-4,7-8,18H,5-6H2. The van der Waals surface area contributed by atoms with Crippen molar-refractivity contribution in [2.75, 3.05) is 6.61 Å². The van der Waals surface area contributed by atoms with Crippen LogP contribution in [0, 0.1) is 20.2 Å². The van der Waals surface area contributed by atoms with Crippen LogP contribution in [0.25, 0.3) is 21.8 Å². The van der Waals surface area contributed by atoms with E-state index in [0.29, 0.717) is 28.4 Å². The van der Waals surface area contributed by atoms with Gasteiger partial charge in [0.05, 0.1) is 16.5 Å². The maximum atomic E-state index is 10.9. The molecule has 0 aliphatic heterocycles. The van der Waals surface area contributed by atoms with Crippen LogP contribution >= 0.6 is 0 Å². The van der Waals surface area contributed by atoms with Crippen LogP contribution in [0.3, 0.4) is 0 Å². The molecule has 0 amide bonds. The number of nitrogens with zero attached hydrogens (tertiary/aromatic N) is 3. The Balaban J connectivity index is 2.41. The Hall–Kier alpha value is -3.00. The van der Waals surface area contributed by atoms with E-state index in [-0.39, 0.29) is 18.0 Å². The van der Waals surface area contributed by atoms with Crippen molar-refractivity contribution in [3.63, 3.8) is 0 Å². The lowest BCUT2D eigenvalue weighted by atomic mass is 10.1. The summed E-state index contributed by atoms with van der Waals surface area (Å²) >= 11 is 0. The molecule has 0 unspecified atom stereocenters. The third kappa shape index (κ3) is 2.06. The number of aromatic nitrogens is 1. The van der Waals surface area contributed by atoms with Crippen LogP contribution in [0.4, 0.5) is 11.4 Å². The number of aliphatic hydroxyl groups excluding tert-OH is 1. The molecule has 0 aliphatic rings. The fourth-order valence-electron chi connectivity index (χ4n) is 2.65. The molecule has 0 atom stereocenters. The number of nitro groups is 2. The molecule has 8 nitrogen and oxygen atoms in total. The van der Waals surface area contributed by atoms with Gasteiger partial charge in [-0.2, -0.15) is 0 Å². The van der Waals surface area contributed by atoms with Crippen LogP contribution in [0.5, 0.6) is 0 Å². The number of fused-ring (bicyclic) bond motifs is 3. The van der Waals surface area contributed by atoms with Gasteiger partial charge in [0, 0.05) is 52.6 Å². The summed E-state index contributed by atoms with van der Waals surface area (Å²) in [6.07, 6.45) is 0. The van der Waals surface area contributed by atoms with Gasteiger partial charge in [-0.3, -0.25) is 20.2 Å². The molecule has 3 rings (SSSR count). The molecule has 112 valence electrons. The van der Waals surface area contributed by atoms with E-state index in [1.165, 1.54) is 24.3 Å². The van der Waals surface area contributed by atoms with Crippen molar-refractivity contribution in [2.45, 2.75) is 6.54 Å². The topological polar surface area (TPSA) is 111 Å². The highest BCUT2D eigenvalue weighted by molar-refractivity contribution is 6.09. The van der Waals surface area contributed by atoms with Crippen molar-refractivity contribution in [3.8, 4) is 0 Å². The van der Waals surface area contributed by atoms with Gasteiger partial charge in [-0.1, -0.05) is 0 Å². The van der Waals surface area contributed by atoms with Gasteiger partial charge in [0.1, 0.15) is 0 Å². The Kier molecular flexibility index (Phi) is 3.22. The highest BCUT2D eigenvalue weighted by atomic mass is 16.6. The molecule has 1 heterocycles. The predicted octanol–water partition coefficient (Wildman–Crippen LogP) is 2.60. The zero-order valence-corrected chi connectivity index (χ0v) is 11.3. The Morgan fingerprint density at radius 3 is 1.73 bits per heavy atom. The van der Waals surface area contributed by atoms with E-state index in [1.807, 2.05) is 0 Å². The molecule has 0 bridgehead atoms. The minimum atomic E-state index is -0.508. The van der Waals surface area contributed by atoms with Gasteiger partial charge < -0.3 is 9.67 Å². The first-order valence-electron chi connectivity index (χ1n) is 6.48. The fourth-order valence-corrected chi connectivity index (χ4v) is 2.65. The summed E-state index contributed by atoms with van der Waals surface area (Å²) in [7, 11) is 0. The molecule has 22 heavy (non-hydrogen) atoms. The quantitative estimate of drug-likeness (QED) is 0.588. The van der Waals surface area contributed by atoms with Crippen LogP contribution in [0.2, 0.25) is 0 Å². The fraction of sp³-hybridized carbons (Fsp3) is 0.143. The van der Waals surface area contributed by atoms with E-state index in [2.05, 4.69) is 0 Å². The van der Waals surface area contributed by atoms with Crippen molar-refractivity contribution < 1.29 is 15.0 Å². The summed E-state index contributed by atoms with van der Waals surface area (Å²) < 4.78 is 1.79. The van der Waals surface area contributed by atoms with Gasteiger partial charge in [0.2, 0.25) is 0 Å². The smallest absolute Gasteiger partial charge is 0.270 e. The minimum Gasteiger partial charge on any atom is -0.395 e. The van der Waals surface area contributed by atoms with E-state index in [4.69, 9.17) is 0 Å². The van der Waals surface area contributed by atoms with Crippen LogP contribution in [-0.4, -0.2) is 26.1 Å². The van der Waals surface area contributed by atoms with Gasteiger partial charge in [-0.05, 0) is 12.1 Å². The van der Waals surface area contributed by atoms with Crippen LogP contribution in [-0.2, 0) is 6.54 Å². The Bertz CT molecular complexity index is 844. The van der Waals surface area contributed by atoms with E-state index < -0.39 is 9.85 Å². The molecular formula is C14H11N3O5. The van der Waals surface area contributed by atoms with Crippen LogP contribution < -0.4 is 0 Å². The number of rotatable bonds is 4. The molecule has 1 aromatic heterocycles. The number of benzene rings is 2. The second-order valence-corrected chi connectivity index (χ2v) is 4.79. The molecule has 3 aromatic rings. The third-order valence-electron chi connectivity index (χ3n) is 3.58. The summed E-state index contributed by atoms with van der Waals surface area (Å²) in [5.41, 5.74) is 1.22. The van der Waals surface area contributed by atoms with Gasteiger partial charge in [0.15, 0.2) is 0 Å². The highest BCUT2D eigenvalue weighted by Crippen LogP contribution is 2.33. The van der Waals surface area contributed by atoms with Gasteiger partial charge >= 0.3 is 0 Å². The van der Waals surface area contributed by atoms with E-state index in [1.54, 1.807) is 16.7 Å². The first-order valence-corrected chi connectivity index (χ1v) is 6.48. The molecular weight excluding hydrogens is 290 g/mol. The molecule has 0 spiro atoms. The monoisotopic (exact) mass is 301 g/mol. The van der Waals surface area contributed by atoms with E-state index >= 15 is 0 Å². The molecule has 0 fully saturated rings. The summed E-state index contributed by atoms with van der Waals surface area (Å²) in [6, 6.07) is 8.74. The van der Waals surface area contributed by atoms with Crippen molar-refractivity contribution in [1.29, 1.82) is 0 Å². The van der Waals surface area contributed by atoms with Crippen molar-refractivity contribution in [2.24, 2.45) is 0 Å². The van der Waals surface area contributed by atoms with Gasteiger partial charge in [0.25, 0.3) is 11.4 Å². The maximum Gasteiger partial charge on any atom is 0.270 e. The van der Waals surface area contributed by atoms with Gasteiger partial charge in [-0.25, -0.2) is 0 Å². The number of aliphatic hydroxyl groups is 1. The van der Waals surface area contributed by atoms with Crippen molar-refractivity contribution in [1.82, 2.24) is 4.57 Å². The normalized spacial score (nSPS) is 11.1. The molecule has 1 N–H and O–H groups in total. The maximum absolute atomic E-state index is 10.9. The lowest BCUT2D eigenvalue weighted by molar-refractivity contribution is -0.385. The Morgan fingerprint density at radius 2 is 1.36 bits per heavy atom. The van der Waals surface area contributed by atoms with Crippen molar-refractivity contribution in [3.05, 3.63) is 56.6 Å². The average Bonchev–Trinajstić information content (AvgIpc) is 2.81. The highest BCUT2D eigenvalue weighted by Gasteiger charge is 2.17. The number of nitro benzene ring substituents is 2. The van der Waals surface area contributed by atoms with E-state index in [0.717, 1.165) is 0 Å². The number of non-ortho nitro benzene ring substituents is 2. The van der Waals surface area contributed by atoms with Crippen LogP contribution in [0.15, 0.2) is 36.4 Å². The molecule has 0 saturated carbocycles. The Labute approximate surface area is 123 Å². The van der Waals surface area contributed by atoms with Crippen LogP contribution in [0.1, 0.15) is 0 Å². The molecule has 0 radical (unpaired) electrons. The summed E-state index contributed by atoms with van der Waals surface area (Å²) in [5.74, 6) is 0. The summed E-state index contributed by atoms with van der Waals surface area (Å²) in [5, 5.41) is 32.2. The zero-order chi connectivity index (χ0) is 15.9. The predicted molar refractivity (Wildman–Crippen MR) is 79.8 cm³/mol. The van der Waals surface area contributed by atoms with Crippen molar-refractivity contribution >= 4 is 33.2 Å².